The van der Waals surface area contributed by atoms with Gasteiger partial charge in [-0.25, -0.2) is 0 Å². The minimum atomic E-state index is 0.216. The molecule has 21 heavy (non-hydrogen) atoms. The molecular formula is C17H24N2O2. The summed E-state index contributed by atoms with van der Waals surface area (Å²) in [6, 6.07) is 6.42. The van der Waals surface area contributed by atoms with Gasteiger partial charge in [-0.05, 0) is 50.3 Å². The Kier molecular flexibility index (Phi) is 5.02. The molecule has 0 spiro atoms. The van der Waals surface area contributed by atoms with Crippen molar-refractivity contribution in [2.45, 2.75) is 53.2 Å². The number of nitrogens with two attached hydrogens (primary N) is 1. The van der Waals surface area contributed by atoms with E-state index in [-0.39, 0.29) is 6.04 Å². The first kappa shape index (κ1) is 15.6. The normalized spacial score (nSPS) is 12.4. The maximum absolute atomic E-state index is 6.03. The molecule has 2 rings (SSSR count). The summed E-state index contributed by atoms with van der Waals surface area (Å²) in [6.45, 7) is 8.54. The second-order valence-electron chi connectivity index (χ2n) is 5.65. The number of ether oxygens (including phenoxy) is 1. The monoisotopic (exact) mass is 288 g/mol. The van der Waals surface area contributed by atoms with Crippen molar-refractivity contribution >= 4 is 0 Å². The van der Waals surface area contributed by atoms with Crippen molar-refractivity contribution in [3.63, 3.8) is 0 Å². The Morgan fingerprint density at radius 3 is 2.38 bits per heavy atom. The molecule has 2 aromatic rings. The lowest BCUT2D eigenvalue weighted by atomic mass is 9.99. The zero-order valence-corrected chi connectivity index (χ0v) is 13.3. The van der Waals surface area contributed by atoms with E-state index in [0.717, 1.165) is 41.2 Å². The van der Waals surface area contributed by atoms with Gasteiger partial charge in [0.1, 0.15) is 23.8 Å². The van der Waals surface area contributed by atoms with E-state index < -0.39 is 0 Å². The van der Waals surface area contributed by atoms with Crippen LogP contribution in [0.5, 0.6) is 5.75 Å². The van der Waals surface area contributed by atoms with Gasteiger partial charge in [0.25, 0.3) is 0 Å². The molecule has 1 aromatic heterocycles. The van der Waals surface area contributed by atoms with Crippen LogP contribution in [0.3, 0.4) is 0 Å². The first-order valence-electron chi connectivity index (χ1n) is 7.40. The van der Waals surface area contributed by atoms with Gasteiger partial charge in [-0.3, -0.25) is 0 Å². The van der Waals surface area contributed by atoms with E-state index in [1.54, 1.807) is 0 Å². The van der Waals surface area contributed by atoms with Crippen LogP contribution in [0.2, 0.25) is 0 Å². The quantitative estimate of drug-likeness (QED) is 0.884. The molecule has 0 aliphatic carbocycles. The largest absolute Gasteiger partial charge is 0.487 e. The molecular weight excluding hydrogens is 264 g/mol. The van der Waals surface area contributed by atoms with Crippen LogP contribution in [-0.2, 0) is 13.0 Å². The average molecular weight is 288 g/mol. The van der Waals surface area contributed by atoms with Gasteiger partial charge < -0.3 is 15.0 Å². The zero-order valence-electron chi connectivity index (χ0n) is 13.3. The van der Waals surface area contributed by atoms with Crippen molar-refractivity contribution < 1.29 is 9.26 Å². The Bertz CT molecular complexity index is 582. The molecule has 0 aliphatic heterocycles. The summed E-state index contributed by atoms with van der Waals surface area (Å²) < 4.78 is 10.9. The van der Waals surface area contributed by atoms with Crippen molar-refractivity contribution in [2.75, 3.05) is 0 Å². The Morgan fingerprint density at radius 2 is 1.86 bits per heavy atom. The average Bonchev–Trinajstić information content (AvgIpc) is 2.83. The van der Waals surface area contributed by atoms with Crippen molar-refractivity contribution in [3.05, 3.63) is 46.3 Å². The second kappa shape index (κ2) is 6.76. The number of rotatable bonds is 6. The van der Waals surface area contributed by atoms with Gasteiger partial charge >= 0.3 is 0 Å². The van der Waals surface area contributed by atoms with Crippen LogP contribution in [0.15, 0.2) is 22.7 Å². The summed E-state index contributed by atoms with van der Waals surface area (Å²) in [5.41, 5.74) is 10.4. The third kappa shape index (κ3) is 4.08. The van der Waals surface area contributed by atoms with Crippen molar-refractivity contribution in [2.24, 2.45) is 5.73 Å². The number of hydrogen-bond donors (Lipinski definition) is 1. The van der Waals surface area contributed by atoms with Crippen molar-refractivity contribution in [3.8, 4) is 5.75 Å². The molecule has 1 aromatic carbocycles. The first-order chi connectivity index (χ1) is 9.99. The van der Waals surface area contributed by atoms with Gasteiger partial charge in [-0.1, -0.05) is 24.2 Å². The van der Waals surface area contributed by atoms with Crippen LogP contribution in [0.4, 0.5) is 0 Å². The molecule has 0 radical (unpaired) electrons. The molecule has 1 heterocycles. The topological polar surface area (TPSA) is 61.3 Å². The Hall–Kier alpha value is -1.81. The predicted octanol–water partition coefficient (Wildman–Crippen LogP) is 3.46. The molecule has 4 nitrogen and oxygen atoms in total. The molecule has 0 aliphatic rings. The fourth-order valence-electron chi connectivity index (χ4n) is 2.46. The van der Waals surface area contributed by atoms with Crippen LogP contribution in [0.25, 0.3) is 0 Å². The summed E-state index contributed by atoms with van der Waals surface area (Å²) in [7, 11) is 0. The Balaban J connectivity index is 2.09. The summed E-state index contributed by atoms with van der Waals surface area (Å²) in [4.78, 5) is 0. The third-order valence-electron chi connectivity index (χ3n) is 3.58. The lowest BCUT2D eigenvalue weighted by Gasteiger charge is -2.15. The zero-order chi connectivity index (χ0) is 15.4. The summed E-state index contributed by atoms with van der Waals surface area (Å²) >= 11 is 0. The SMILES string of the molecule is CCC(N)Cc1cc(C)c(OCc2cc(C)on2)c(C)c1. The molecule has 0 saturated carbocycles. The smallest absolute Gasteiger partial charge is 0.134 e. The van der Waals surface area contributed by atoms with Gasteiger partial charge in [0.15, 0.2) is 0 Å². The van der Waals surface area contributed by atoms with Gasteiger partial charge in [0, 0.05) is 12.1 Å². The van der Waals surface area contributed by atoms with Crippen LogP contribution < -0.4 is 10.5 Å². The van der Waals surface area contributed by atoms with Gasteiger partial charge in [-0.2, -0.15) is 0 Å². The Morgan fingerprint density at radius 1 is 1.19 bits per heavy atom. The van der Waals surface area contributed by atoms with Crippen LogP contribution in [0, 0.1) is 20.8 Å². The maximum Gasteiger partial charge on any atom is 0.134 e. The number of nitrogens with zero attached hydrogens (tertiary/aromatic N) is 1. The van der Waals surface area contributed by atoms with E-state index in [1.807, 2.05) is 13.0 Å². The van der Waals surface area contributed by atoms with E-state index in [4.69, 9.17) is 15.0 Å². The van der Waals surface area contributed by atoms with E-state index >= 15 is 0 Å². The molecule has 0 fully saturated rings. The number of hydrogen-bond acceptors (Lipinski definition) is 4. The molecule has 4 heteroatoms. The molecule has 1 atom stereocenters. The van der Waals surface area contributed by atoms with Crippen molar-refractivity contribution in [1.82, 2.24) is 5.16 Å². The predicted molar refractivity (Wildman–Crippen MR) is 83.5 cm³/mol. The highest BCUT2D eigenvalue weighted by molar-refractivity contribution is 5.43. The van der Waals surface area contributed by atoms with E-state index in [9.17, 15) is 0 Å². The standard InChI is InChI=1S/C17H24N2O2/c1-5-15(18)9-14-6-11(2)17(12(3)7-14)20-10-16-8-13(4)21-19-16/h6-8,15H,5,9-10,18H2,1-4H3. The lowest BCUT2D eigenvalue weighted by molar-refractivity contribution is 0.284. The van der Waals surface area contributed by atoms with Crippen LogP contribution in [0.1, 0.15) is 41.5 Å². The van der Waals surface area contributed by atoms with E-state index in [2.05, 4.69) is 38.1 Å². The fourth-order valence-corrected chi connectivity index (χ4v) is 2.46. The van der Waals surface area contributed by atoms with Gasteiger partial charge in [0.05, 0.1) is 0 Å². The van der Waals surface area contributed by atoms with Crippen LogP contribution in [-0.4, -0.2) is 11.2 Å². The number of benzene rings is 1. The van der Waals surface area contributed by atoms with Crippen LogP contribution >= 0.6 is 0 Å². The maximum atomic E-state index is 6.03. The molecule has 0 amide bonds. The van der Waals surface area contributed by atoms with E-state index in [0.29, 0.717) is 6.61 Å². The summed E-state index contributed by atoms with van der Waals surface area (Å²) in [5.74, 6) is 1.72. The van der Waals surface area contributed by atoms with Gasteiger partial charge in [-0.15, -0.1) is 0 Å². The van der Waals surface area contributed by atoms with Crippen molar-refractivity contribution in [1.29, 1.82) is 0 Å². The lowest BCUT2D eigenvalue weighted by Crippen LogP contribution is -2.21. The highest BCUT2D eigenvalue weighted by Crippen LogP contribution is 2.26. The molecule has 0 bridgehead atoms. The third-order valence-corrected chi connectivity index (χ3v) is 3.58. The molecule has 1 unspecified atom stereocenters. The second-order valence-corrected chi connectivity index (χ2v) is 5.65. The minimum Gasteiger partial charge on any atom is -0.487 e. The molecule has 114 valence electrons. The first-order valence-corrected chi connectivity index (χ1v) is 7.40. The highest BCUT2D eigenvalue weighted by Gasteiger charge is 2.10. The highest BCUT2D eigenvalue weighted by atomic mass is 16.5. The molecule has 2 N–H and O–H groups in total. The fraction of sp³-hybridized carbons (Fsp3) is 0.471. The number of aryl methyl sites for hydroxylation is 3. The van der Waals surface area contributed by atoms with Gasteiger partial charge in [0.2, 0.25) is 0 Å². The summed E-state index contributed by atoms with van der Waals surface area (Å²) in [6.07, 6.45) is 1.89. The summed E-state index contributed by atoms with van der Waals surface area (Å²) in [5, 5.41) is 3.94. The Labute approximate surface area is 126 Å². The number of aromatic nitrogens is 1. The van der Waals surface area contributed by atoms with E-state index in [1.165, 1.54) is 5.56 Å². The minimum absolute atomic E-state index is 0.216. The molecule has 0 saturated heterocycles.